The maximum atomic E-state index is 13.2. The monoisotopic (exact) mass is 450 g/mol. The lowest BCUT2D eigenvalue weighted by atomic mass is 9.54. The van der Waals surface area contributed by atoms with Gasteiger partial charge in [-0.3, -0.25) is 4.79 Å². The second-order valence-corrected chi connectivity index (χ2v) is 10.0. The first kappa shape index (κ1) is 25.3. The maximum Gasteiger partial charge on any atom is 0.139 e. The summed E-state index contributed by atoms with van der Waals surface area (Å²) in [7, 11) is 1.68. The Bertz CT molecular complexity index is 924. The molecular formula is C30H42O3. The maximum absolute atomic E-state index is 13.2. The van der Waals surface area contributed by atoms with Crippen LogP contribution in [0.1, 0.15) is 83.3 Å². The van der Waals surface area contributed by atoms with Crippen LogP contribution < -0.4 is 0 Å². The fraction of sp³-hybridized carbons (Fsp3) is 0.567. The molecule has 0 aromatic heterocycles. The van der Waals surface area contributed by atoms with E-state index in [4.69, 9.17) is 4.74 Å². The van der Waals surface area contributed by atoms with Gasteiger partial charge in [0.25, 0.3) is 0 Å². The Morgan fingerprint density at radius 3 is 2.73 bits per heavy atom. The molecule has 2 saturated carbocycles. The minimum absolute atomic E-state index is 0.162. The summed E-state index contributed by atoms with van der Waals surface area (Å²) in [4.78, 5) is 13.2. The van der Waals surface area contributed by atoms with E-state index >= 15 is 0 Å². The minimum atomic E-state index is -0.162. The predicted molar refractivity (Wildman–Crippen MR) is 136 cm³/mol. The fourth-order valence-electron chi connectivity index (χ4n) is 6.79. The van der Waals surface area contributed by atoms with E-state index in [2.05, 4.69) is 25.6 Å². The van der Waals surface area contributed by atoms with Crippen LogP contribution in [0.25, 0.3) is 0 Å². The summed E-state index contributed by atoms with van der Waals surface area (Å²) in [5.41, 5.74) is 3.77. The summed E-state index contributed by atoms with van der Waals surface area (Å²) < 4.78 is 5.24. The standard InChI is InChI=1S/C28H36O3.C2H6/c1-5-19(7-6-18(2)31-4)8-9-21-17-26(30)28(3)15-14-24-23-13-11-22(29)16-20(23)10-12-25(24)27(21)28;1-2/h5-7,11,13,16,21,24-25,27,29H,1,8-10,12,14-15,17H2,2-4H3;1-2H3/b18-6+,19-7+;. The zero-order valence-corrected chi connectivity index (χ0v) is 21.2. The van der Waals surface area contributed by atoms with Crippen LogP contribution in [0.5, 0.6) is 5.75 Å². The molecule has 0 heterocycles. The highest BCUT2D eigenvalue weighted by Crippen LogP contribution is 2.62. The van der Waals surface area contributed by atoms with Crippen molar-refractivity contribution >= 4 is 5.78 Å². The first-order valence-corrected chi connectivity index (χ1v) is 12.8. The summed E-state index contributed by atoms with van der Waals surface area (Å²) in [5, 5.41) is 9.92. The highest BCUT2D eigenvalue weighted by atomic mass is 16.5. The van der Waals surface area contributed by atoms with Gasteiger partial charge in [-0.05, 0) is 104 Å². The first-order chi connectivity index (χ1) is 15.9. The number of aromatic hydroxyl groups is 1. The van der Waals surface area contributed by atoms with Crippen LogP contribution >= 0.6 is 0 Å². The van der Waals surface area contributed by atoms with Crippen LogP contribution in [-0.4, -0.2) is 18.0 Å². The van der Waals surface area contributed by atoms with Gasteiger partial charge in [-0.1, -0.05) is 45.6 Å². The van der Waals surface area contributed by atoms with E-state index in [1.165, 1.54) is 16.7 Å². The molecule has 0 amide bonds. The number of phenolic OH excluding ortho intramolecular Hbond substituents is 1. The Morgan fingerprint density at radius 1 is 1.27 bits per heavy atom. The number of hydrogen-bond donors (Lipinski definition) is 1. The molecule has 1 N–H and O–H groups in total. The number of allylic oxidation sites excluding steroid dienone is 5. The van der Waals surface area contributed by atoms with Crippen LogP contribution in [-0.2, 0) is 16.0 Å². The van der Waals surface area contributed by atoms with E-state index in [9.17, 15) is 9.90 Å². The number of fused-ring (bicyclic) bond motifs is 5. The van der Waals surface area contributed by atoms with Crippen LogP contribution in [0, 0.1) is 23.2 Å². The van der Waals surface area contributed by atoms with Crippen molar-refractivity contribution in [1.82, 2.24) is 0 Å². The Labute approximate surface area is 200 Å². The summed E-state index contributed by atoms with van der Waals surface area (Å²) in [6, 6.07) is 5.93. The fourth-order valence-corrected chi connectivity index (χ4v) is 6.79. The highest BCUT2D eigenvalue weighted by Gasteiger charge is 2.58. The summed E-state index contributed by atoms with van der Waals surface area (Å²) >= 11 is 0. The van der Waals surface area contributed by atoms with Gasteiger partial charge in [0.2, 0.25) is 0 Å². The van der Waals surface area contributed by atoms with Crippen molar-refractivity contribution in [2.45, 2.75) is 78.6 Å². The van der Waals surface area contributed by atoms with Crippen LogP contribution in [0.15, 0.2) is 54.3 Å². The molecule has 0 bridgehead atoms. The van der Waals surface area contributed by atoms with Crippen molar-refractivity contribution in [3.8, 4) is 5.75 Å². The normalized spacial score (nSPS) is 31.0. The van der Waals surface area contributed by atoms with E-state index in [-0.39, 0.29) is 5.41 Å². The molecule has 33 heavy (non-hydrogen) atoms. The first-order valence-electron chi connectivity index (χ1n) is 12.8. The number of ketones is 1. The smallest absolute Gasteiger partial charge is 0.139 e. The van der Waals surface area contributed by atoms with Crippen molar-refractivity contribution in [2.24, 2.45) is 23.2 Å². The molecule has 0 spiro atoms. The van der Waals surface area contributed by atoms with Crippen molar-refractivity contribution < 1.29 is 14.6 Å². The van der Waals surface area contributed by atoms with Gasteiger partial charge in [-0.2, -0.15) is 0 Å². The van der Waals surface area contributed by atoms with Gasteiger partial charge < -0.3 is 9.84 Å². The number of Topliss-reactive ketones (excluding diaryl/α,β-unsaturated/α-hetero) is 1. The second kappa shape index (κ2) is 10.8. The highest BCUT2D eigenvalue weighted by molar-refractivity contribution is 5.87. The molecule has 0 saturated heterocycles. The van der Waals surface area contributed by atoms with Gasteiger partial charge in [-0.25, -0.2) is 0 Å². The van der Waals surface area contributed by atoms with Gasteiger partial charge in [0.15, 0.2) is 0 Å². The lowest BCUT2D eigenvalue weighted by molar-refractivity contribution is -0.129. The van der Waals surface area contributed by atoms with Gasteiger partial charge in [0, 0.05) is 11.8 Å². The number of rotatable bonds is 6. The number of phenols is 1. The molecule has 2 fully saturated rings. The van der Waals surface area contributed by atoms with E-state index in [0.29, 0.717) is 35.2 Å². The number of aryl methyl sites for hydroxylation is 1. The number of hydrogen-bond acceptors (Lipinski definition) is 3. The largest absolute Gasteiger partial charge is 0.508 e. The average molecular weight is 451 g/mol. The molecule has 180 valence electrons. The molecule has 0 aliphatic heterocycles. The molecule has 3 nitrogen and oxygen atoms in total. The summed E-state index contributed by atoms with van der Waals surface area (Å²) in [5.74, 6) is 3.73. The molecule has 4 rings (SSSR count). The minimum Gasteiger partial charge on any atom is -0.508 e. The lowest BCUT2D eigenvalue weighted by Gasteiger charge is -2.50. The molecule has 1 aromatic rings. The number of carbonyl (C=O) groups excluding carboxylic acids is 1. The van der Waals surface area contributed by atoms with E-state index in [0.717, 1.165) is 50.7 Å². The Balaban J connectivity index is 0.00000149. The zero-order chi connectivity index (χ0) is 24.2. The Hall–Kier alpha value is -2.29. The summed E-state index contributed by atoms with van der Waals surface area (Å²) in [6.07, 6.45) is 13.0. The quantitative estimate of drug-likeness (QED) is 0.360. The molecule has 3 heteroatoms. The lowest BCUT2D eigenvalue weighted by Crippen LogP contribution is -2.44. The molecular weight excluding hydrogens is 408 g/mol. The molecule has 5 atom stereocenters. The van der Waals surface area contributed by atoms with Crippen LogP contribution in [0.3, 0.4) is 0 Å². The van der Waals surface area contributed by atoms with Gasteiger partial charge in [0.05, 0.1) is 12.9 Å². The van der Waals surface area contributed by atoms with Crippen molar-refractivity contribution in [3.63, 3.8) is 0 Å². The predicted octanol–water partition coefficient (Wildman–Crippen LogP) is 7.51. The Morgan fingerprint density at radius 2 is 2.03 bits per heavy atom. The second-order valence-electron chi connectivity index (χ2n) is 10.0. The molecule has 3 aliphatic rings. The van der Waals surface area contributed by atoms with Crippen LogP contribution in [0.4, 0.5) is 0 Å². The number of methoxy groups -OCH3 is 1. The van der Waals surface area contributed by atoms with Gasteiger partial charge in [-0.15, -0.1) is 0 Å². The molecule has 0 radical (unpaired) electrons. The third kappa shape index (κ3) is 4.98. The van der Waals surface area contributed by atoms with Gasteiger partial charge in [0.1, 0.15) is 11.5 Å². The third-order valence-electron chi connectivity index (χ3n) is 8.47. The van der Waals surface area contributed by atoms with Crippen molar-refractivity contribution in [1.29, 1.82) is 0 Å². The number of ether oxygens (including phenoxy) is 1. The number of carbonyl (C=O) groups is 1. The van der Waals surface area contributed by atoms with E-state index in [1.807, 2.05) is 45.1 Å². The molecule has 5 unspecified atom stereocenters. The molecule has 1 aromatic carbocycles. The molecule has 3 aliphatic carbocycles. The van der Waals surface area contributed by atoms with Crippen LogP contribution in [0.2, 0.25) is 0 Å². The Kier molecular flexibility index (Phi) is 8.26. The number of benzene rings is 1. The summed E-state index contributed by atoms with van der Waals surface area (Å²) in [6.45, 7) is 12.2. The van der Waals surface area contributed by atoms with E-state index in [1.54, 1.807) is 7.11 Å². The SMILES string of the molecule is C=C/C(=C\C=C(/C)OC)CCC1CC(=O)C2(C)CCC3c4ccc(O)cc4CCC3C12.CC. The van der Waals surface area contributed by atoms with Crippen molar-refractivity contribution in [2.75, 3.05) is 7.11 Å². The van der Waals surface area contributed by atoms with Crippen molar-refractivity contribution in [3.05, 3.63) is 65.5 Å². The average Bonchev–Trinajstić information content (AvgIpc) is 3.09. The van der Waals surface area contributed by atoms with E-state index < -0.39 is 0 Å². The topological polar surface area (TPSA) is 46.5 Å². The zero-order valence-electron chi connectivity index (χ0n) is 21.2. The van der Waals surface area contributed by atoms with Gasteiger partial charge >= 0.3 is 0 Å². The third-order valence-corrected chi connectivity index (χ3v) is 8.47.